The lowest BCUT2D eigenvalue weighted by Crippen LogP contribution is -2.40. The van der Waals surface area contributed by atoms with E-state index in [0.717, 1.165) is 16.7 Å². The molecule has 1 unspecified atom stereocenters. The van der Waals surface area contributed by atoms with Gasteiger partial charge in [-0.05, 0) is 49.9 Å². The van der Waals surface area contributed by atoms with Crippen LogP contribution in [-0.2, 0) is 11.2 Å². The van der Waals surface area contributed by atoms with E-state index in [2.05, 4.69) is 0 Å². The van der Waals surface area contributed by atoms with Gasteiger partial charge in [0.05, 0.1) is 6.04 Å². The van der Waals surface area contributed by atoms with E-state index < -0.39 is 6.04 Å². The summed E-state index contributed by atoms with van der Waals surface area (Å²) >= 11 is 0. The van der Waals surface area contributed by atoms with Gasteiger partial charge in [0, 0.05) is 19.0 Å². The van der Waals surface area contributed by atoms with Crippen LogP contribution in [0.2, 0.25) is 0 Å². The first kappa shape index (κ1) is 17.9. The molecule has 0 bridgehead atoms. The van der Waals surface area contributed by atoms with Crippen molar-refractivity contribution in [2.45, 2.75) is 39.7 Å². The van der Waals surface area contributed by atoms with Crippen LogP contribution < -0.4 is 0 Å². The Morgan fingerprint density at radius 2 is 1.67 bits per heavy atom. The van der Waals surface area contributed by atoms with E-state index in [1.807, 2.05) is 62.4 Å². The van der Waals surface area contributed by atoms with Crippen molar-refractivity contribution in [1.29, 1.82) is 0 Å². The van der Waals surface area contributed by atoms with Gasteiger partial charge in [-0.25, -0.2) is 0 Å². The summed E-state index contributed by atoms with van der Waals surface area (Å²) in [5, 5.41) is 0. The maximum atomic E-state index is 12.6. The minimum Gasteiger partial charge on any atom is -0.336 e. The zero-order chi connectivity index (χ0) is 17.7. The summed E-state index contributed by atoms with van der Waals surface area (Å²) in [6.45, 7) is 5.80. The summed E-state index contributed by atoms with van der Waals surface area (Å²) in [4.78, 5) is 26.6. The molecule has 2 rings (SSSR count). The molecule has 0 aliphatic heterocycles. The van der Waals surface area contributed by atoms with Crippen LogP contribution >= 0.6 is 0 Å². The number of rotatable bonds is 6. The fourth-order valence-electron chi connectivity index (χ4n) is 2.60. The molecule has 3 nitrogen and oxygen atoms in total. The van der Waals surface area contributed by atoms with Crippen molar-refractivity contribution in [3.05, 3.63) is 70.8 Å². The van der Waals surface area contributed by atoms with Crippen LogP contribution in [0.4, 0.5) is 0 Å². The minimum absolute atomic E-state index is 0.0106. The van der Waals surface area contributed by atoms with E-state index in [1.165, 1.54) is 0 Å². The molecule has 0 heterocycles. The molecule has 1 atom stereocenters. The second-order valence-electron chi connectivity index (χ2n) is 6.33. The lowest BCUT2D eigenvalue weighted by atomic mass is 9.99. The topological polar surface area (TPSA) is 37.4 Å². The summed E-state index contributed by atoms with van der Waals surface area (Å²) in [6.07, 6.45) is 1.10. The van der Waals surface area contributed by atoms with E-state index in [9.17, 15) is 9.59 Å². The molecular formula is C21H25NO2. The monoisotopic (exact) mass is 323 g/mol. The molecule has 0 aliphatic carbocycles. The van der Waals surface area contributed by atoms with Crippen LogP contribution in [0.1, 0.15) is 40.4 Å². The number of Topliss-reactive ketones (excluding diaryl/α,β-unsaturated/α-hetero) is 1. The molecule has 0 spiro atoms. The van der Waals surface area contributed by atoms with Crippen LogP contribution in [0, 0.1) is 13.8 Å². The highest BCUT2D eigenvalue weighted by molar-refractivity contribution is 6.01. The minimum atomic E-state index is -0.463. The lowest BCUT2D eigenvalue weighted by Gasteiger charge is -2.24. The van der Waals surface area contributed by atoms with Crippen molar-refractivity contribution >= 4 is 11.7 Å². The Morgan fingerprint density at radius 1 is 1.00 bits per heavy atom. The number of hydrogen-bond acceptors (Lipinski definition) is 2. The van der Waals surface area contributed by atoms with Crippen LogP contribution in [0.3, 0.4) is 0 Å². The third kappa shape index (κ3) is 4.31. The highest BCUT2D eigenvalue weighted by Crippen LogP contribution is 2.14. The zero-order valence-corrected chi connectivity index (χ0v) is 14.9. The number of carbonyl (C=O) groups excluding carboxylic acids is 2. The number of nitrogens with zero attached hydrogens (tertiary/aromatic N) is 1. The van der Waals surface area contributed by atoms with E-state index >= 15 is 0 Å². The molecular weight excluding hydrogens is 298 g/mol. The molecule has 0 radical (unpaired) electrons. The van der Waals surface area contributed by atoms with Crippen molar-refractivity contribution in [1.82, 2.24) is 4.90 Å². The first-order chi connectivity index (χ1) is 11.4. The largest absolute Gasteiger partial charge is 0.336 e. The number of amides is 1. The molecule has 1 amide bonds. The van der Waals surface area contributed by atoms with Crippen LogP contribution in [-0.4, -0.2) is 29.7 Å². The Kier molecular flexibility index (Phi) is 5.91. The highest BCUT2D eigenvalue weighted by Gasteiger charge is 2.23. The Labute approximate surface area is 144 Å². The SMILES string of the molecule is Cc1ccc(C(=O)C(C)N(C)C(=O)CCc2ccccc2)cc1C. The van der Waals surface area contributed by atoms with Gasteiger partial charge in [-0.3, -0.25) is 9.59 Å². The molecule has 24 heavy (non-hydrogen) atoms. The number of hydrogen-bond donors (Lipinski definition) is 0. The standard InChI is InChI=1S/C21H25NO2/c1-15-10-12-19(14-16(15)2)21(24)17(3)22(4)20(23)13-11-18-8-6-5-7-9-18/h5-10,12,14,17H,11,13H2,1-4H3. The quantitative estimate of drug-likeness (QED) is 0.754. The van der Waals surface area contributed by atoms with E-state index in [4.69, 9.17) is 0 Å². The van der Waals surface area contributed by atoms with Gasteiger partial charge in [-0.1, -0.05) is 42.5 Å². The summed E-state index contributed by atoms with van der Waals surface area (Å²) in [5.41, 5.74) is 4.04. The number of ketones is 1. The van der Waals surface area contributed by atoms with Gasteiger partial charge >= 0.3 is 0 Å². The van der Waals surface area contributed by atoms with Crippen molar-refractivity contribution < 1.29 is 9.59 Å². The smallest absolute Gasteiger partial charge is 0.223 e. The molecule has 0 aliphatic rings. The second-order valence-corrected chi connectivity index (χ2v) is 6.33. The van der Waals surface area contributed by atoms with E-state index in [0.29, 0.717) is 18.4 Å². The molecule has 2 aromatic rings. The number of aryl methyl sites for hydroxylation is 3. The molecule has 0 fully saturated rings. The maximum absolute atomic E-state index is 12.6. The predicted octanol–water partition coefficient (Wildman–Crippen LogP) is 3.97. The molecule has 126 valence electrons. The summed E-state index contributed by atoms with van der Waals surface area (Å²) in [7, 11) is 1.71. The van der Waals surface area contributed by atoms with E-state index in [-0.39, 0.29) is 11.7 Å². The Bertz CT molecular complexity index is 722. The van der Waals surface area contributed by atoms with Crippen molar-refractivity contribution in [3.63, 3.8) is 0 Å². The van der Waals surface area contributed by atoms with Gasteiger partial charge in [-0.2, -0.15) is 0 Å². The molecule has 0 N–H and O–H groups in total. The van der Waals surface area contributed by atoms with Gasteiger partial charge in [0.25, 0.3) is 0 Å². The average molecular weight is 323 g/mol. The van der Waals surface area contributed by atoms with Crippen LogP contribution in [0.25, 0.3) is 0 Å². The number of carbonyl (C=O) groups is 2. The van der Waals surface area contributed by atoms with E-state index in [1.54, 1.807) is 18.9 Å². The molecule has 3 heteroatoms. The Balaban J connectivity index is 1.99. The summed E-state index contributed by atoms with van der Waals surface area (Å²) < 4.78 is 0. The van der Waals surface area contributed by atoms with Crippen molar-refractivity contribution in [2.24, 2.45) is 0 Å². The third-order valence-corrected chi connectivity index (χ3v) is 4.62. The van der Waals surface area contributed by atoms with Gasteiger partial charge < -0.3 is 4.90 Å². The summed E-state index contributed by atoms with van der Waals surface area (Å²) in [5.74, 6) is -0.0304. The fraction of sp³-hybridized carbons (Fsp3) is 0.333. The maximum Gasteiger partial charge on any atom is 0.223 e. The van der Waals surface area contributed by atoms with Crippen LogP contribution in [0.15, 0.2) is 48.5 Å². The average Bonchev–Trinajstić information content (AvgIpc) is 2.61. The normalized spacial score (nSPS) is 11.8. The van der Waals surface area contributed by atoms with Gasteiger partial charge in [0.2, 0.25) is 5.91 Å². The Hall–Kier alpha value is -2.42. The predicted molar refractivity (Wildman–Crippen MR) is 97.2 cm³/mol. The van der Waals surface area contributed by atoms with Gasteiger partial charge in [-0.15, -0.1) is 0 Å². The second kappa shape index (κ2) is 7.91. The fourth-order valence-corrected chi connectivity index (χ4v) is 2.60. The van der Waals surface area contributed by atoms with Crippen molar-refractivity contribution in [3.8, 4) is 0 Å². The number of likely N-dealkylation sites (N-methyl/N-ethyl adjacent to an activating group) is 1. The van der Waals surface area contributed by atoms with Crippen molar-refractivity contribution in [2.75, 3.05) is 7.05 Å². The molecule has 0 saturated heterocycles. The van der Waals surface area contributed by atoms with Crippen LogP contribution in [0.5, 0.6) is 0 Å². The lowest BCUT2D eigenvalue weighted by molar-refractivity contribution is -0.130. The molecule has 2 aromatic carbocycles. The molecule has 0 aromatic heterocycles. The highest BCUT2D eigenvalue weighted by atomic mass is 16.2. The van der Waals surface area contributed by atoms with Gasteiger partial charge in [0.15, 0.2) is 5.78 Å². The summed E-state index contributed by atoms with van der Waals surface area (Å²) in [6, 6.07) is 15.1. The Morgan fingerprint density at radius 3 is 2.29 bits per heavy atom. The molecule has 0 saturated carbocycles. The first-order valence-corrected chi connectivity index (χ1v) is 8.31. The third-order valence-electron chi connectivity index (χ3n) is 4.62. The zero-order valence-electron chi connectivity index (χ0n) is 14.9. The number of benzene rings is 2. The van der Waals surface area contributed by atoms with Gasteiger partial charge in [0.1, 0.15) is 0 Å². The first-order valence-electron chi connectivity index (χ1n) is 8.31.